The first-order valence-corrected chi connectivity index (χ1v) is 8.95. The van der Waals surface area contributed by atoms with Gasteiger partial charge in [0.05, 0.1) is 5.92 Å². The number of aryl methyl sites for hydroxylation is 1. The van der Waals surface area contributed by atoms with Crippen LogP contribution in [0.2, 0.25) is 0 Å². The van der Waals surface area contributed by atoms with Gasteiger partial charge in [-0.25, -0.2) is 4.79 Å². The Morgan fingerprint density at radius 1 is 1.28 bits per heavy atom. The number of hydrogen-bond donors (Lipinski definition) is 0. The van der Waals surface area contributed by atoms with Gasteiger partial charge in [0.25, 0.3) is 0 Å². The lowest BCUT2D eigenvalue weighted by Crippen LogP contribution is -2.47. The van der Waals surface area contributed by atoms with E-state index in [0.717, 1.165) is 18.4 Å². The number of carbonyl (C=O) groups is 2. The molecule has 0 spiro atoms. The van der Waals surface area contributed by atoms with Crippen LogP contribution < -0.4 is 0 Å². The van der Waals surface area contributed by atoms with Gasteiger partial charge in [-0.3, -0.25) is 4.79 Å². The highest BCUT2D eigenvalue weighted by Gasteiger charge is 2.32. The summed E-state index contributed by atoms with van der Waals surface area (Å²) < 4.78 is 5.44. The first-order valence-electron chi connectivity index (χ1n) is 8.95. The van der Waals surface area contributed by atoms with E-state index in [9.17, 15) is 9.59 Å². The summed E-state index contributed by atoms with van der Waals surface area (Å²) in [4.78, 5) is 28.5. The Balaban J connectivity index is 1.96. The number of piperidine rings is 1. The highest BCUT2D eigenvalue weighted by Crippen LogP contribution is 2.22. The minimum absolute atomic E-state index is 0.0940. The van der Waals surface area contributed by atoms with Gasteiger partial charge in [0, 0.05) is 26.7 Å². The maximum Gasteiger partial charge on any atom is 0.410 e. The van der Waals surface area contributed by atoms with Crippen LogP contribution >= 0.6 is 0 Å². The van der Waals surface area contributed by atoms with Crippen molar-refractivity contribution in [2.75, 3.05) is 20.1 Å². The van der Waals surface area contributed by atoms with E-state index in [1.165, 1.54) is 5.56 Å². The van der Waals surface area contributed by atoms with E-state index in [-0.39, 0.29) is 17.9 Å². The molecular formula is C20H30N2O3. The van der Waals surface area contributed by atoms with Crippen molar-refractivity contribution in [1.82, 2.24) is 9.80 Å². The number of benzene rings is 1. The van der Waals surface area contributed by atoms with Gasteiger partial charge >= 0.3 is 6.09 Å². The Kier molecular flexibility index (Phi) is 6.09. The van der Waals surface area contributed by atoms with E-state index in [1.807, 2.05) is 46.0 Å². The summed E-state index contributed by atoms with van der Waals surface area (Å²) in [5, 5.41) is 0. The number of carbonyl (C=O) groups excluding carboxylic acids is 2. The highest BCUT2D eigenvalue weighted by molar-refractivity contribution is 5.80. The van der Waals surface area contributed by atoms with E-state index in [1.54, 1.807) is 9.80 Å². The fourth-order valence-electron chi connectivity index (χ4n) is 3.10. The quantitative estimate of drug-likeness (QED) is 0.840. The van der Waals surface area contributed by atoms with E-state index in [4.69, 9.17) is 4.74 Å². The van der Waals surface area contributed by atoms with Crippen molar-refractivity contribution in [3.63, 3.8) is 0 Å². The number of amides is 2. The Morgan fingerprint density at radius 2 is 1.96 bits per heavy atom. The molecule has 1 aromatic carbocycles. The maximum absolute atomic E-state index is 12.8. The average molecular weight is 346 g/mol. The third-order valence-corrected chi connectivity index (χ3v) is 4.47. The molecule has 0 bridgehead atoms. The Morgan fingerprint density at radius 3 is 2.60 bits per heavy atom. The summed E-state index contributed by atoms with van der Waals surface area (Å²) in [6.45, 7) is 9.30. The predicted octanol–water partition coefficient (Wildman–Crippen LogP) is 3.60. The largest absolute Gasteiger partial charge is 0.444 e. The van der Waals surface area contributed by atoms with Crippen molar-refractivity contribution < 1.29 is 14.3 Å². The first kappa shape index (κ1) is 19.3. The number of ether oxygens (including phenoxy) is 1. The monoisotopic (exact) mass is 346 g/mol. The van der Waals surface area contributed by atoms with E-state index < -0.39 is 5.60 Å². The number of hydrogen-bond acceptors (Lipinski definition) is 3. The normalized spacial score (nSPS) is 18.0. The number of likely N-dealkylation sites (tertiary alicyclic amines) is 1. The topological polar surface area (TPSA) is 49.9 Å². The minimum Gasteiger partial charge on any atom is -0.444 e. The van der Waals surface area contributed by atoms with Crippen LogP contribution in [0.3, 0.4) is 0 Å². The van der Waals surface area contributed by atoms with Gasteiger partial charge < -0.3 is 14.5 Å². The molecule has 5 nitrogen and oxygen atoms in total. The second-order valence-electron chi connectivity index (χ2n) is 7.89. The zero-order valence-corrected chi connectivity index (χ0v) is 16.0. The average Bonchev–Trinajstić information content (AvgIpc) is 2.54. The van der Waals surface area contributed by atoms with Gasteiger partial charge in [0.1, 0.15) is 5.60 Å². The lowest BCUT2D eigenvalue weighted by molar-refractivity contribution is -0.136. The molecule has 1 saturated heterocycles. The summed E-state index contributed by atoms with van der Waals surface area (Å²) in [7, 11) is 1.83. The predicted molar refractivity (Wildman–Crippen MR) is 98.2 cm³/mol. The molecule has 1 aliphatic rings. The molecule has 0 unspecified atom stereocenters. The summed E-state index contributed by atoms with van der Waals surface area (Å²) in [6.07, 6.45) is 1.32. The molecule has 1 atom stereocenters. The molecule has 0 saturated carbocycles. The molecule has 1 heterocycles. The van der Waals surface area contributed by atoms with Gasteiger partial charge in [-0.05, 0) is 51.7 Å². The van der Waals surface area contributed by atoms with Crippen LogP contribution in [0.5, 0.6) is 0 Å². The molecule has 2 rings (SSSR count). The third-order valence-electron chi connectivity index (χ3n) is 4.47. The summed E-state index contributed by atoms with van der Waals surface area (Å²) >= 11 is 0. The highest BCUT2D eigenvalue weighted by atomic mass is 16.6. The van der Waals surface area contributed by atoms with Crippen LogP contribution in [0.25, 0.3) is 0 Å². The second kappa shape index (κ2) is 7.89. The van der Waals surface area contributed by atoms with Crippen LogP contribution in [0.4, 0.5) is 4.79 Å². The van der Waals surface area contributed by atoms with E-state index >= 15 is 0 Å². The van der Waals surface area contributed by atoms with Crippen LogP contribution in [0, 0.1) is 12.8 Å². The van der Waals surface area contributed by atoms with Crippen molar-refractivity contribution in [3.05, 3.63) is 35.4 Å². The molecule has 138 valence electrons. The fraction of sp³-hybridized carbons (Fsp3) is 0.600. The lowest BCUT2D eigenvalue weighted by atomic mass is 9.96. The maximum atomic E-state index is 12.8. The lowest BCUT2D eigenvalue weighted by Gasteiger charge is -2.35. The van der Waals surface area contributed by atoms with Crippen molar-refractivity contribution in [2.24, 2.45) is 5.92 Å². The zero-order chi connectivity index (χ0) is 18.6. The molecule has 0 aliphatic carbocycles. The zero-order valence-electron chi connectivity index (χ0n) is 16.0. The molecule has 0 aromatic heterocycles. The van der Waals surface area contributed by atoms with E-state index in [0.29, 0.717) is 19.6 Å². The van der Waals surface area contributed by atoms with Crippen molar-refractivity contribution in [3.8, 4) is 0 Å². The molecule has 1 aromatic rings. The SMILES string of the molecule is Cc1ccccc1CN(C)C(=O)[C@@H]1CCCN(C(=O)OC(C)(C)C)C1. The molecule has 0 radical (unpaired) electrons. The molecular weight excluding hydrogens is 316 g/mol. The van der Waals surface area contributed by atoms with Gasteiger partial charge in [-0.15, -0.1) is 0 Å². The third kappa shape index (κ3) is 5.48. The van der Waals surface area contributed by atoms with Crippen molar-refractivity contribution in [2.45, 2.75) is 52.7 Å². The summed E-state index contributed by atoms with van der Waals surface area (Å²) in [5.41, 5.74) is 1.81. The molecule has 1 fully saturated rings. The fourth-order valence-corrected chi connectivity index (χ4v) is 3.10. The van der Waals surface area contributed by atoms with Gasteiger partial charge in [0.15, 0.2) is 0 Å². The van der Waals surface area contributed by atoms with Crippen LogP contribution in [0.1, 0.15) is 44.7 Å². The minimum atomic E-state index is -0.518. The molecule has 0 N–H and O–H groups in total. The molecule has 2 amide bonds. The number of nitrogens with zero attached hydrogens (tertiary/aromatic N) is 2. The smallest absolute Gasteiger partial charge is 0.410 e. The van der Waals surface area contributed by atoms with Crippen molar-refractivity contribution >= 4 is 12.0 Å². The van der Waals surface area contributed by atoms with Gasteiger partial charge in [-0.2, -0.15) is 0 Å². The van der Waals surface area contributed by atoms with Crippen molar-refractivity contribution in [1.29, 1.82) is 0 Å². The Hall–Kier alpha value is -2.04. The van der Waals surface area contributed by atoms with Gasteiger partial charge in [0.2, 0.25) is 5.91 Å². The van der Waals surface area contributed by atoms with E-state index in [2.05, 4.69) is 13.0 Å². The summed E-state index contributed by atoms with van der Waals surface area (Å²) in [5.74, 6) is -0.0631. The van der Waals surface area contributed by atoms with Crippen LogP contribution in [0.15, 0.2) is 24.3 Å². The van der Waals surface area contributed by atoms with Crippen LogP contribution in [-0.2, 0) is 16.1 Å². The summed E-state index contributed by atoms with van der Waals surface area (Å²) in [6, 6.07) is 8.09. The second-order valence-corrected chi connectivity index (χ2v) is 7.89. The standard InChI is InChI=1S/C20H30N2O3/c1-15-9-6-7-10-16(15)13-21(5)18(23)17-11-8-12-22(14-17)19(24)25-20(2,3)4/h6-7,9-10,17H,8,11-14H2,1-5H3/t17-/m1/s1. The Labute approximate surface area is 150 Å². The number of rotatable bonds is 3. The molecule has 1 aliphatic heterocycles. The molecule has 25 heavy (non-hydrogen) atoms. The van der Waals surface area contributed by atoms with Gasteiger partial charge in [-0.1, -0.05) is 24.3 Å². The van der Waals surface area contributed by atoms with Crippen LogP contribution in [-0.4, -0.2) is 47.5 Å². The molecule has 5 heteroatoms. The first-order chi connectivity index (χ1) is 11.7. The Bertz CT molecular complexity index is 622.